The number of hydrogen-bond donors (Lipinski definition) is 1. The van der Waals surface area contributed by atoms with E-state index in [4.69, 9.17) is 9.72 Å². The monoisotopic (exact) mass is 397 g/mol. The number of nitrogens with zero attached hydrogens (tertiary/aromatic N) is 2. The molecule has 4 nitrogen and oxygen atoms in total. The molecule has 2 aromatic rings. The Kier molecular flexibility index (Phi) is 5.93. The minimum Gasteiger partial charge on any atom is -0.373 e. The predicted octanol–water partition coefficient (Wildman–Crippen LogP) is 4.28. The molecule has 0 aliphatic rings. The average molecular weight is 397 g/mol. The lowest BCUT2D eigenvalue weighted by Gasteiger charge is -2.16. The normalized spacial score (nSPS) is 12.2. The van der Waals surface area contributed by atoms with Crippen molar-refractivity contribution < 1.29 is 4.74 Å². The van der Waals surface area contributed by atoms with Gasteiger partial charge in [0.1, 0.15) is 11.9 Å². The summed E-state index contributed by atoms with van der Waals surface area (Å²) in [4.78, 5) is 9.38. The van der Waals surface area contributed by atoms with Crippen molar-refractivity contribution in [3.05, 3.63) is 39.7 Å². The summed E-state index contributed by atoms with van der Waals surface area (Å²) in [5, 5.41) is 3.32. The maximum absolute atomic E-state index is 5.49. The van der Waals surface area contributed by atoms with Gasteiger partial charge in [0, 0.05) is 19.2 Å². The predicted molar refractivity (Wildman–Crippen MR) is 94.4 cm³/mol. The summed E-state index contributed by atoms with van der Waals surface area (Å²) in [6.45, 7) is 4.96. The number of halogens is 1. The minimum atomic E-state index is -0.0816. The molecule has 0 aliphatic heterocycles. The lowest BCUT2D eigenvalue weighted by molar-refractivity contribution is 0.0927. The first-order valence-electron chi connectivity index (χ1n) is 7.10. The number of nitrogens with one attached hydrogen (secondary N) is 1. The van der Waals surface area contributed by atoms with Crippen LogP contribution in [0, 0.1) is 3.57 Å². The van der Waals surface area contributed by atoms with E-state index in [1.807, 2.05) is 18.2 Å². The Morgan fingerprint density at radius 1 is 1.19 bits per heavy atom. The zero-order valence-electron chi connectivity index (χ0n) is 12.6. The minimum absolute atomic E-state index is 0.0816. The van der Waals surface area contributed by atoms with Crippen LogP contribution in [-0.4, -0.2) is 23.6 Å². The first-order chi connectivity index (χ1) is 10.2. The van der Waals surface area contributed by atoms with Crippen LogP contribution in [0.5, 0.6) is 0 Å². The number of aromatic nitrogens is 2. The summed E-state index contributed by atoms with van der Waals surface area (Å²) in [5.41, 5.74) is 2.04. The maximum Gasteiger partial charge on any atom is 0.160 e. The van der Waals surface area contributed by atoms with Crippen molar-refractivity contribution in [3.63, 3.8) is 0 Å². The molecule has 2 rings (SSSR count). The molecule has 112 valence electrons. The molecule has 0 saturated heterocycles. The zero-order valence-corrected chi connectivity index (χ0v) is 14.7. The number of hydrogen-bond acceptors (Lipinski definition) is 4. The summed E-state index contributed by atoms with van der Waals surface area (Å²) in [6.07, 6.45) is 0.763. The van der Waals surface area contributed by atoms with Crippen LogP contribution in [0.1, 0.15) is 32.2 Å². The fourth-order valence-electron chi connectivity index (χ4n) is 2.13. The van der Waals surface area contributed by atoms with Gasteiger partial charge in [-0.2, -0.15) is 0 Å². The van der Waals surface area contributed by atoms with Gasteiger partial charge in [0.2, 0.25) is 0 Å². The Labute approximate surface area is 139 Å². The molecule has 0 aliphatic carbocycles. The van der Waals surface area contributed by atoms with Gasteiger partial charge in [0.05, 0.1) is 9.26 Å². The molecule has 1 unspecified atom stereocenters. The maximum atomic E-state index is 5.49. The molecular weight excluding hydrogens is 377 g/mol. The summed E-state index contributed by atoms with van der Waals surface area (Å²) >= 11 is 2.30. The third-order valence-corrected chi connectivity index (χ3v) is 4.23. The van der Waals surface area contributed by atoms with Crippen LogP contribution in [0.2, 0.25) is 0 Å². The second-order valence-corrected chi connectivity index (χ2v) is 5.70. The summed E-state index contributed by atoms with van der Waals surface area (Å²) in [5.74, 6) is 1.60. The van der Waals surface area contributed by atoms with Crippen LogP contribution in [0.3, 0.4) is 0 Å². The van der Waals surface area contributed by atoms with Crippen LogP contribution < -0.4 is 5.32 Å². The summed E-state index contributed by atoms with van der Waals surface area (Å²) < 4.78 is 6.53. The Bertz CT molecular complexity index is 586. The van der Waals surface area contributed by atoms with Gasteiger partial charge in [-0.15, -0.1) is 0 Å². The second kappa shape index (κ2) is 7.70. The highest BCUT2D eigenvalue weighted by Crippen LogP contribution is 2.30. The lowest BCUT2D eigenvalue weighted by Crippen LogP contribution is -2.12. The molecule has 0 fully saturated rings. The fourth-order valence-corrected chi connectivity index (χ4v) is 2.88. The van der Waals surface area contributed by atoms with E-state index in [-0.39, 0.29) is 6.10 Å². The smallest absolute Gasteiger partial charge is 0.160 e. The van der Waals surface area contributed by atoms with Crippen molar-refractivity contribution in [3.8, 4) is 11.3 Å². The van der Waals surface area contributed by atoms with Crippen LogP contribution in [0.15, 0.2) is 30.3 Å². The van der Waals surface area contributed by atoms with Crippen molar-refractivity contribution in [1.29, 1.82) is 0 Å². The van der Waals surface area contributed by atoms with E-state index in [0.29, 0.717) is 0 Å². The van der Waals surface area contributed by atoms with E-state index < -0.39 is 0 Å². The SMILES string of the molecule is CCNc1nc(C(CC)OC)nc(-c2ccccc2)c1I. The number of anilines is 1. The van der Waals surface area contributed by atoms with Gasteiger partial charge in [-0.3, -0.25) is 0 Å². The molecule has 0 spiro atoms. The molecule has 0 saturated carbocycles. The van der Waals surface area contributed by atoms with Gasteiger partial charge in [0.15, 0.2) is 5.82 Å². The number of benzene rings is 1. The van der Waals surface area contributed by atoms with E-state index in [1.165, 1.54) is 0 Å². The van der Waals surface area contributed by atoms with Gasteiger partial charge < -0.3 is 10.1 Å². The molecule has 1 heterocycles. The number of rotatable bonds is 6. The van der Waals surface area contributed by atoms with E-state index in [0.717, 1.165) is 39.4 Å². The summed E-state index contributed by atoms with van der Waals surface area (Å²) in [6, 6.07) is 10.2. The topological polar surface area (TPSA) is 47.0 Å². The van der Waals surface area contributed by atoms with Gasteiger partial charge in [0.25, 0.3) is 0 Å². The van der Waals surface area contributed by atoms with Crippen molar-refractivity contribution in [2.75, 3.05) is 19.0 Å². The van der Waals surface area contributed by atoms with E-state index in [2.05, 4.69) is 58.9 Å². The van der Waals surface area contributed by atoms with Gasteiger partial charge in [-0.05, 0) is 35.9 Å². The third-order valence-electron chi connectivity index (χ3n) is 3.20. The molecule has 1 N–H and O–H groups in total. The highest BCUT2D eigenvalue weighted by atomic mass is 127. The Balaban J connectivity index is 2.57. The van der Waals surface area contributed by atoms with Crippen LogP contribution in [0.25, 0.3) is 11.3 Å². The highest BCUT2D eigenvalue weighted by molar-refractivity contribution is 14.1. The zero-order chi connectivity index (χ0) is 15.2. The third kappa shape index (κ3) is 3.71. The van der Waals surface area contributed by atoms with Crippen LogP contribution in [0.4, 0.5) is 5.82 Å². The van der Waals surface area contributed by atoms with E-state index in [1.54, 1.807) is 7.11 Å². The Morgan fingerprint density at radius 2 is 1.90 bits per heavy atom. The van der Waals surface area contributed by atoms with E-state index in [9.17, 15) is 0 Å². The summed E-state index contributed by atoms with van der Waals surface area (Å²) in [7, 11) is 1.70. The molecule has 0 bridgehead atoms. The van der Waals surface area contributed by atoms with E-state index >= 15 is 0 Å². The lowest BCUT2D eigenvalue weighted by atomic mass is 10.1. The molecule has 5 heteroatoms. The fraction of sp³-hybridized carbons (Fsp3) is 0.375. The first-order valence-corrected chi connectivity index (χ1v) is 8.18. The quantitative estimate of drug-likeness (QED) is 0.740. The number of methoxy groups -OCH3 is 1. The van der Waals surface area contributed by atoms with Gasteiger partial charge in [-0.25, -0.2) is 9.97 Å². The largest absolute Gasteiger partial charge is 0.373 e. The molecule has 21 heavy (non-hydrogen) atoms. The second-order valence-electron chi connectivity index (χ2n) is 4.62. The molecular formula is C16H20IN3O. The Morgan fingerprint density at radius 3 is 2.48 bits per heavy atom. The highest BCUT2D eigenvalue weighted by Gasteiger charge is 2.18. The first kappa shape index (κ1) is 16.2. The van der Waals surface area contributed by atoms with Gasteiger partial charge in [-0.1, -0.05) is 37.3 Å². The van der Waals surface area contributed by atoms with Crippen molar-refractivity contribution in [1.82, 2.24) is 9.97 Å². The Hall–Kier alpha value is -1.21. The molecule has 1 atom stereocenters. The molecule has 0 amide bonds. The van der Waals surface area contributed by atoms with Crippen LogP contribution >= 0.6 is 22.6 Å². The number of ether oxygens (including phenoxy) is 1. The van der Waals surface area contributed by atoms with Crippen LogP contribution in [-0.2, 0) is 4.74 Å². The van der Waals surface area contributed by atoms with Gasteiger partial charge >= 0.3 is 0 Å². The molecule has 1 aromatic heterocycles. The standard InChI is InChI=1S/C16H20IN3O/c1-4-12(21-3)15-19-14(11-9-7-6-8-10-11)13(17)16(20-15)18-5-2/h6-10,12H,4-5H2,1-3H3,(H,18,19,20). The molecule has 1 aromatic carbocycles. The van der Waals surface area contributed by atoms with Crippen molar-refractivity contribution >= 4 is 28.4 Å². The molecule has 0 radical (unpaired) electrons. The van der Waals surface area contributed by atoms with Crippen molar-refractivity contribution in [2.24, 2.45) is 0 Å². The average Bonchev–Trinajstić information content (AvgIpc) is 2.52. The van der Waals surface area contributed by atoms with Crippen molar-refractivity contribution in [2.45, 2.75) is 26.4 Å².